The first-order valence-corrected chi connectivity index (χ1v) is 22.7. The number of hydrogen-bond donors (Lipinski definition) is 1. The maximum Gasteiger partial charge on any atom is 0.0461 e. The zero-order chi connectivity index (χ0) is 37.0. The van der Waals surface area contributed by atoms with Gasteiger partial charge in [-0.1, -0.05) is 118 Å². The van der Waals surface area contributed by atoms with Crippen LogP contribution in [0.2, 0.25) is 0 Å². The van der Waals surface area contributed by atoms with Crippen molar-refractivity contribution in [2.45, 2.75) is 98.8 Å². The van der Waals surface area contributed by atoms with Crippen molar-refractivity contribution in [1.82, 2.24) is 0 Å². The van der Waals surface area contributed by atoms with Gasteiger partial charge in [0.1, 0.15) is 5.75 Å². The molecule has 0 saturated carbocycles. The first-order chi connectivity index (χ1) is 23.0. The summed E-state index contributed by atoms with van der Waals surface area (Å²) in [6.45, 7) is 29.3. The first-order valence-electron chi connectivity index (χ1n) is 17.7. The van der Waals surface area contributed by atoms with Gasteiger partial charge in [0.25, 0.3) is 0 Å². The summed E-state index contributed by atoms with van der Waals surface area (Å²) in [4.78, 5) is 0. The molecule has 0 saturated heterocycles. The summed E-state index contributed by atoms with van der Waals surface area (Å²) in [5, 5.41) is 11.8. The number of phenolic OH excluding ortho intramolecular Hbond substituents is 1. The Labute approximate surface area is 320 Å². The second kappa shape index (κ2) is 21.8. The van der Waals surface area contributed by atoms with Gasteiger partial charge in [-0.25, -0.2) is 0 Å². The van der Waals surface area contributed by atoms with E-state index in [9.17, 15) is 8.50 Å². The molecule has 0 aromatic heterocycles. The Balaban J connectivity index is 0.000000649. The third-order valence-corrected chi connectivity index (χ3v) is 9.27. The fourth-order valence-electron chi connectivity index (χ4n) is 5.71. The normalized spacial score (nSPS) is 10.9. The number of para-hydroxylation sites is 2. The molecule has 0 fully saturated rings. The van der Waals surface area contributed by atoms with Crippen molar-refractivity contribution in [3.63, 3.8) is 0 Å². The summed E-state index contributed by atoms with van der Waals surface area (Å²) in [5.74, 6) is 3.23. The number of hydrogen-bond acceptors (Lipinski definition) is 3. The molecule has 0 radical (unpaired) electrons. The maximum atomic E-state index is 11.8. The quantitative estimate of drug-likeness (QED) is 0.135. The molecule has 50 heavy (non-hydrogen) atoms. The molecule has 3 nitrogen and oxygen atoms in total. The van der Waals surface area contributed by atoms with Gasteiger partial charge < -0.3 is 5.11 Å². The van der Waals surface area contributed by atoms with Gasteiger partial charge in [-0.2, -0.15) is 0 Å². The van der Waals surface area contributed by atoms with Crippen LogP contribution < -0.4 is 4.74 Å². The molecule has 0 aliphatic heterocycles. The van der Waals surface area contributed by atoms with Gasteiger partial charge in [0, 0.05) is 31.1 Å². The monoisotopic (exact) mass is 803 g/mol. The van der Waals surface area contributed by atoms with Crippen LogP contribution in [0.4, 0.5) is 0 Å². The molecule has 6 heteroatoms. The van der Waals surface area contributed by atoms with Gasteiger partial charge in [-0.05, 0) is 76.5 Å². The van der Waals surface area contributed by atoms with Crippen LogP contribution in [-0.4, -0.2) is 36.6 Å². The minimum Gasteiger partial charge on any atom is -0.147 e. The molecule has 274 valence electrons. The minimum absolute atomic E-state index is 0. The zero-order valence-electron chi connectivity index (χ0n) is 33.0. The Bertz CT molecular complexity index is 1670. The maximum absolute atomic E-state index is 11.8. The average Bonchev–Trinajstić information content (AvgIpc) is 3.04. The third kappa shape index (κ3) is 12.7. The van der Waals surface area contributed by atoms with E-state index in [-0.39, 0.29) is 20.3 Å². The van der Waals surface area contributed by atoms with E-state index in [1.165, 1.54) is 33.4 Å². The number of methoxy groups -OCH3 is 1. The molecule has 0 atom stereocenters. The summed E-state index contributed by atoms with van der Waals surface area (Å²) in [7, 11) is 1.73. The first kappa shape index (κ1) is 45.6. The van der Waals surface area contributed by atoms with Crippen LogP contribution >= 0.6 is 20.3 Å². The van der Waals surface area contributed by atoms with E-state index in [4.69, 9.17) is 4.74 Å². The van der Waals surface area contributed by atoms with Crippen molar-refractivity contribution in [2.24, 2.45) is 0 Å². The van der Waals surface area contributed by atoms with Gasteiger partial charge >= 0.3 is 73.3 Å². The van der Waals surface area contributed by atoms with Crippen LogP contribution in [0.3, 0.4) is 0 Å². The number of phenols is 1. The molecule has 0 aliphatic carbocycles. The molecular formula is C44H63ClMoO3P+. The Morgan fingerprint density at radius 2 is 1.10 bits per heavy atom. The fraction of sp³-hybridized carbons (Fsp3) is 0.432. The van der Waals surface area contributed by atoms with E-state index < -0.39 is 18.1 Å². The molecule has 0 amide bonds. The predicted octanol–water partition coefficient (Wildman–Crippen LogP) is 13.1. The van der Waals surface area contributed by atoms with E-state index in [2.05, 4.69) is 138 Å². The third-order valence-electron chi connectivity index (χ3n) is 8.41. The summed E-state index contributed by atoms with van der Waals surface area (Å²) >= 11 is -1.20. The van der Waals surface area contributed by atoms with Crippen LogP contribution in [0.1, 0.15) is 132 Å². The second-order valence-electron chi connectivity index (χ2n) is 14.9. The Morgan fingerprint density at radius 3 is 1.56 bits per heavy atom. The fourth-order valence-corrected chi connectivity index (χ4v) is 6.44. The SMILES string of the molecule is CC(C)c1ccc(-c2cccc(-c3c(C(C)C)cc(C(C)C)cc3C(C)C)c2O)c(C(C)C)c1.COc1ccccc1[CH]=[Mo]=[O].C[PH+](C)C.Cl. The van der Waals surface area contributed by atoms with Gasteiger partial charge in [0.15, 0.2) is 0 Å². The van der Waals surface area contributed by atoms with Crippen LogP contribution in [0.15, 0.2) is 72.8 Å². The average molecular weight is 802 g/mol. The van der Waals surface area contributed by atoms with E-state index in [0.717, 1.165) is 28.0 Å². The summed E-state index contributed by atoms with van der Waals surface area (Å²) in [5.41, 5.74) is 11.8. The largest absolute Gasteiger partial charge is 0.147 e. The van der Waals surface area contributed by atoms with Crippen LogP contribution in [-0.2, 0) is 21.5 Å². The molecule has 0 aliphatic rings. The van der Waals surface area contributed by atoms with E-state index in [1.807, 2.05) is 24.3 Å². The number of benzene rings is 4. The number of halogens is 1. The van der Waals surface area contributed by atoms with Gasteiger partial charge in [-0.3, -0.25) is 0 Å². The number of aromatic hydroxyl groups is 1. The van der Waals surface area contributed by atoms with Crippen molar-refractivity contribution < 1.29 is 31.3 Å². The molecule has 4 aromatic rings. The molecule has 0 unspecified atom stereocenters. The van der Waals surface area contributed by atoms with Crippen LogP contribution in [0, 0.1) is 0 Å². The van der Waals surface area contributed by atoms with Crippen molar-refractivity contribution in [1.29, 1.82) is 0 Å². The zero-order valence-corrected chi connectivity index (χ0v) is 36.8. The molecule has 0 bridgehead atoms. The Morgan fingerprint density at radius 1 is 0.620 bits per heavy atom. The molecule has 0 heterocycles. The standard InChI is InChI=1S/C33H44O.C8H8O.C3H9P.ClH.Mo.O/c1-19(2)24-14-15-26(29(16-24)21(5)6)27-12-11-13-28(33(27)34)32-30(22(7)8)17-25(20(3)4)18-31(32)23(9)10;1-7-5-3-4-6-8(7)9-2;1-4(2)3;;;/h11-23,34H,1-10H3;1,3-6H,2H3;1-3H3;1H;;/p+1. The number of rotatable bonds is 9. The summed E-state index contributed by atoms with van der Waals surface area (Å²) in [6.07, 6.45) is 0. The van der Waals surface area contributed by atoms with Gasteiger partial charge in [0.05, 0.1) is 0 Å². The Kier molecular flexibility index (Phi) is 19.9. The predicted molar refractivity (Wildman–Crippen MR) is 222 cm³/mol. The van der Waals surface area contributed by atoms with E-state index in [1.54, 1.807) is 11.5 Å². The minimum atomic E-state index is -1.20. The molecule has 4 rings (SSSR count). The van der Waals surface area contributed by atoms with Crippen molar-refractivity contribution in [3.8, 4) is 33.8 Å². The van der Waals surface area contributed by atoms with Crippen molar-refractivity contribution >= 4 is 24.7 Å². The molecule has 4 aromatic carbocycles. The topological polar surface area (TPSA) is 46.5 Å². The van der Waals surface area contributed by atoms with Crippen molar-refractivity contribution in [2.75, 3.05) is 27.1 Å². The summed E-state index contributed by atoms with van der Waals surface area (Å²) in [6, 6.07) is 25.3. The van der Waals surface area contributed by atoms with E-state index in [0.29, 0.717) is 35.3 Å². The Hall–Kier alpha value is -2.44. The van der Waals surface area contributed by atoms with Gasteiger partial charge in [0.2, 0.25) is 0 Å². The van der Waals surface area contributed by atoms with Crippen LogP contribution in [0.5, 0.6) is 11.5 Å². The summed E-state index contributed by atoms with van der Waals surface area (Å²) < 4.78 is 17.2. The molecule has 0 spiro atoms. The second-order valence-corrected chi connectivity index (χ2v) is 18.9. The smallest absolute Gasteiger partial charge is 0.0461 e. The van der Waals surface area contributed by atoms with Crippen molar-refractivity contribution in [3.05, 3.63) is 106 Å². The van der Waals surface area contributed by atoms with Gasteiger partial charge in [-0.15, -0.1) is 12.4 Å². The molecule has 1 N–H and O–H groups in total. The van der Waals surface area contributed by atoms with E-state index >= 15 is 0 Å². The number of ether oxygens (including phenoxy) is 1. The molecular weight excluding hydrogens is 739 g/mol. The van der Waals surface area contributed by atoms with Crippen LogP contribution in [0.25, 0.3) is 22.3 Å².